The summed E-state index contributed by atoms with van der Waals surface area (Å²) < 4.78 is 26.0. The van der Waals surface area contributed by atoms with Crippen LogP contribution in [-0.4, -0.2) is 50.4 Å². The lowest BCUT2D eigenvalue weighted by molar-refractivity contribution is 0.342. The maximum atomic E-state index is 11.8. The van der Waals surface area contributed by atoms with Gasteiger partial charge in [-0.2, -0.15) is 0 Å². The van der Waals surface area contributed by atoms with Gasteiger partial charge < -0.3 is 15.2 Å². The molecule has 2 saturated heterocycles. The van der Waals surface area contributed by atoms with Gasteiger partial charge in [0.1, 0.15) is 5.82 Å². The molecule has 1 aromatic carbocycles. The fourth-order valence-electron chi connectivity index (χ4n) is 3.54. The van der Waals surface area contributed by atoms with Crippen LogP contribution in [0.2, 0.25) is 0 Å². The third kappa shape index (κ3) is 2.66. The second kappa shape index (κ2) is 5.58. The normalized spacial score (nSPS) is 20.7. The van der Waals surface area contributed by atoms with Gasteiger partial charge in [0.15, 0.2) is 9.84 Å². The highest BCUT2D eigenvalue weighted by Crippen LogP contribution is 2.32. The number of hydrogen-bond acceptors (Lipinski definition) is 5. The molecule has 0 amide bonds. The van der Waals surface area contributed by atoms with Gasteiger partial charge in [0, 0.05) is 31.3 Å². The van der Waals surface area contributed by atoms with E-state index in [1.807, 2.05) is 6.07 Å². The second-order valence-electron chi connectivity index (χ2n) is 6.60. The van der Waals surface area contributed by atoms with Gasteiger partial charge >= 0.3 is 0 Å². The first-order valence-corrected chi connectivity index (χ1v) is 10.1. The molecule has 0 unspecified atom stereocenters. The van der Waals surface area contributed by atoms with Crippen molar-refractivity contribution in [3.63, 3.8) is 0 Å². The summed E-state index contributed by atoms with van der Waals surface area (Å²) in [5.74, 6) is 1.54. The average molecular weight is 334 g/mol. The van der Waals surface area contributed by atoms with Crippen molar-refractivity contribution in [3.05, 3.63) is 24.0 Å². The lowest BCUT2D eigenvalue weighted by Gasteiger charge is -2.32. The fraction of sp³-hybridized carbons (Fsp3) is 0.562. The molecule has 3 heterocycles. The number of nitrogens with one attached hydrogen (secondary N) is 2. The van der Waals surface area contributed by atoms with Gasteiger partial charge in [-0.15, -0.1) is 0 Å². The van der Waals surface area contributed by atoms with E-state index in [2.05, 4.69) is 15.2 Å². The molecule has 0 atom stereocenters. The van der Waals surface area contributed by atoms with Crippen molar-refractivity contribution in [2.24, 2.45) is 0 Å². The van der Waals surface area contributed by atoms with Crippen LogP contribution >= 0.6 is 0 Å². The largest absolute Gasteiger partial charge is 0.324 e. The number of fused-ring (bicyclic) bond motifs is 1. The standard InChI is InChI=1S/C16H22N4O2S/c1-23(21,22)13-2-3-15-14(8-13)19-16(11-9-18-10-11)20(15)12-4-6-17-7-5-12/h2-3,8,11-12,17-18H,4-7,9-10H2,1H3. The zero-order valence-electron chi connectivity index (χ0n) is 13.2. The van der Waals surface area contributed by atoms with Crippen LogP contribution < -0.4 is 10.6 Å². The summed E-state index contributed by atoms with van der Waals surface area (Å²) in [6, 6.07) is 5.80. The zero-order chi connectivity index (χ0) is 16.0. The Bertz CT molecular complexity index is 833. The maximum absolute atomic E-state index is 11.8. The highest BCUT2D eigenvalue weighted by atomic mass is 32.2. The molecule has 6 nitrogen and oxygen atoms in total. The summed E-state index contributed by atoms with van der Waals surface area (Å²) in [5, 5.41) is 6.71. The molecule has 7 heteroatoms. The molecule has 0 saturated carbocycles. The molecule has 0 radical (unpaired) electrons. The summed E-state index contributed by atoms with van der Waals surface area (Å²) in [4.78, 5) is 5.17. The Hall–Kier alpha value is -1.44. The van der Waals surface area contributed by atoms with Gasteiger partial charge in [-0.1, -0.05) is 0 Å². The molecule has 2 N–H and O–H groups in total. The molecule has 2 aromatic rings. The van der Waals surface area contributed by atoms with E-state index in [1.54, 1.807) is 12.1 Å². The molecular weight excluding hydrogens is 312 g/mol. The summed E-state index contributed by atoms with van der Waals surface area (Å²) in [7, 11) is -3.21. The monoisotopic (exact) mass is 334 g/mol. The molecular formula is C16H22N4O2S. The summed E-state index contributed by atoms with van der Waals surface area (Å²) in [5.41, 5.74) is 1.86. The molecule has 2 fully saturated rings. The van der Waals surface area contributed by atoms with Gasteiger partial charge in [0.2, 0.25) is 0 Å². The first kappa shape index (κ1) is 15.1. The molecule has 0 aliphatic carbocycles. The molecule has 4 rings (SSSR count). The van der Waals surface area contributed by atoms with Crippen molar-refractivity contribution in [2.75, 3.05) is 32.4 Å². The van der Waals surface area contributed by atoms with E-state index in [0.717, 1.165) is 55.9 Å². The molecule has 124 valence electrons. The number of imidazole rings is 1. The first-order chi connectivity index (χ1) is 11.0. The van der Waals surface area contributed by atoms with Crippen LogP contribution in [0.3, 0.4) is 0 Å². The Labute approximate surface area is 136 Å². The smallest absolute Gasteiger partial charge is 0.175 e. The Morgan fingerprint density at radius 2 is 1.91 bits per heavy atom. The average Bonchev–Trinajstić information content (AvgIpc) is 2.83. The van der Waals surface area contributed by atoms with Gasteiger partial charge in [-0.05, 0) is 44.1 Å². The predicted molar refractivity (Wildman–Crippen MR) is 89.6 cm³/mol. The van der Waals surface area contributed by atoms with Crippen LogP contribution in [0.15, 0.2) is 23.1 Å². The zero-order valence-corrected chi connectivity index (χ0v) is 14.1. The summed E-state index contributed by atoms with van der Waals surface area (Å²) in [6.07, 6.45) is 3.42. The lowest BCUT2D eigenvalue weighted by atomic mass is 10.0. The molecule has 1 aromatic heterocycles. The van der Waals surface area contributed by atoms with E-state index in [0.29, 0.717) is 16.9 Å². The number of nitrogens with zero attached hydrogens (tertiary/aromatic N) is 2. The summed E-state index contributed by atoms with van der Waals surface area (Å²) in [6.45, 7) is 3.95. The first-order valence-electron chi connectivity index (χ1n) is 8.17. The Morgan fingerprint density at radius 3 is 2.52 bits per heavy atom. The number of aromatic nitrogens is 2. The van der Waals surface area contributed by atoms with Crippen molar-refractivity contribution < 1.29 is 8.42 Å². The highest BCUT2D eigenvalue weighted by molar-refractivity contribution is 7.90. The van der Waals surface area contributed by atoms with E-state index in [1.165, 1.54) is 6.26 Å². The maximum Gasteiger partial charge on any atom is 0.175 e. The van der Waals surface area contributed by atoms with Gasteiger partial charge in [0.05, 0.1) is 15.9 Å². The molecule has 2 aliphatic heterocycles. The predicted octanol–water partition coefficient (Wildman–Crippen LogP) is 1.05. The van der Waals surface area contributed by atoms with E-state index < -0.39 is 9.84 Å². The number of benzene rings is 1. The van der Waals surface area contributed by atoms with Crippen LogP contribution in [-0.2, 0) is 9.84 Å². The van der Waals surface area contributed by atoms with Crippen LogP contribution in [0, 0.1) is 0 Å². The van der Waals surface area contributed by atoms with E-state index >= 15 is 0 Å². The summed E-state index contributed by atoms with van der Waals surface area (Å²) >= 11 is 0. The van der Waals surface area contributed by atoms with Crippen LogP contribution in [0.5, 0.6) is 0 Å². The Balaban J connectivity index is 1.86. The topological polar surface area (TPSA) is 76.0 Å². The number of piperidine rings is 1. The van der Waals surface area contributed by atoms with Crippen LogP contribution in [0.1, 0.15) is 30.6 Å². The van der Waals surface area contributed by atoms with Crippen LogP contribution in [0.4, 0.5) is 0 Å². The van der Waals surface area contributed by atoms with Crippen LogP contribution in [0.25, 0.3) is 11.0 Å². The van der Waals surface area contributed by atoms with Gasteiger partial charge in [0.25, 0.3) is 0 Å². The Morgan fingerprint density at radius 1 is 1.17 bits per heavy atom. The Kier molecular flexibility index (Phi) is 3.66. The quantitative estimate of drug-likeness (QED) is 0.877. The van der Waals surface area contributed by atoms with Crippen molar-refractivity contribution in [1.29, 1.82) is 0 Å². The third-order valence-electron chi connectivity index (χ3n) is 4.94. The molecule has 2 aliphatic rings. The number of hydrogen-bond donors (Lipinski definition) is 2. The van der Waals surface area contributed by atoms with E-state index in [9.17, 15) is 8.42 Å². The lowest BCUT2D eigenvalue weighted by Crippen LogP contribution is -2.42. The number of sulfone groups is 1. The van der Waals surface area contributed by atoms with E-state index in [4.69, 9.17) is 4.98 Å². The molecule has 0 spiro atoms. The second-order valence-corrected chi connectivity index (χ2v) is 8.61. The SMILES string of the molecule is CS(=O)(=O)c1ccc2c(c1)nc(C1CNC1)n2C1CCNCC1. The fourth-order valence-corrected chi connectivity index (χ4v) is 4.18. The van der Waals surface area contributed by atoms with Crippen molar-refractivity contribution in [1.82, 2.24) is 20.2 Å². The minimum absolute atomic E-state index is 0.346. The van der Waals surface area contributed by atoms with Gasteiger partial charge in [-0.3, -0.25) is 0 Å². The third-order valence-corrected chi connectivity index (χ3v) is 6.05. The van der Waals surface area contributed by atoms with E-state index in [-0.39, 0.29) is 0 Å². The van der Waals surface area contributed by atoms with Crippen molar-refractivity contribution in [2.45, 2.75) is 29.7 Å². The molecule has 0 bridgehead atoms. The molecule has 23 heavy (non-hydrogen) atoms. The van der Waals surface area contributed by atoms with Crippen molar-refractivity contribution >= 4 is 20.9 Å². The van der Waals surface area contributed by atoms with Crippen molar-refractivity contribution in [3.8, 4) is 0 Å². The highest BCUT2D eigenvalue weighted by Gasteiger charge is 2.29. The number of rotatable bonds is 3. The minimum atomic E-state index is -3.21. The van der Waals surface area contributed by atoms with Gasteiger partial charge in [-0.25, -0.2) is 13.4 Å². The minimum Gasteiger partial charge on any atom is -0.324 e.